The van der Waals surface area contributed by atoms with Crippen LogP contribution in [-0.2, 0) is 11.0 Å². The van der Waals surface area contributed by atoms with Crippen LogP contribution in [0.3, 0.4) is 0 Å². The maximum atomic E-state index is 13.0. The van der Waals surface area contributed by atoms with E-state index < -0.39 is 23.5 Å². The Kier molecular flexibility index (Phi) is 5.05. The summed E-state index contributed by atoms with van der Waals surface area (Å²) in [7, 11) is 0. The van der Waals surface area contributed by atoms with E-state index >= 15 is 0 Å². The second-order valence-electron chi connectivity index (χ2n) is 4.57. The molecule has 0 fully saturated rings. The number of rotatable bonds is 3. The molecule has 0 aromatic heterocycles. The van der Waals surface area contributed by atoms with Gasteiger partial charge in [0.25, 0.3) is 0 Å². The molecule has 1 amide bonds. The van der Waals surface area contributed by atoms with Gasteiger partial charge in [0.15, 0.2) is 0 Å². The molecular formula is C16H10ClF4NO. The van der Waals surface area contributed by atoms with Crippen LogP contribution in [0, 0.1) is 5.82 Å². The minimum atomic E-state index is -4.50. The second kappa shape index (κ2) is 6.83. The first kappa shape index (κ1) is 17.0. The zero-order chi connectivity index (χ0) is 17.0. The Morgan fingerprint density at radius 1 is 1.13 bits per heavy atom. The molecule has 1 N–H and O–H groups in total. The molecule has 23 heavy (non-hydrogen) atoms. The molecule has 0 saturated carbocycles. The van der Waals surface area contributed by atoms with Gasteiger partial charge in [0, 0.05) is 16.8 Å². The Labute approximate surface area is 134 Å². The first-order valence-corrected chi connectivity index (χ1v) is 6.75. The lowest BCUT2D eigenvalue weighted by Crippen LogP contribution is -2.08. The SMILES string of the molecule is O=C(/C=C/c1cc(C(F)(F)F)ccc1Cl)Nc1cccc(F)c1. The third kappa shape index (κ3) is 4.82. The lowest BCUT2D eigenvalue weighted by Gasteiger charge is -2.08. The normalized spacial score (nSPS) is 11.7. The summed E-state index contributed by atoms with van der Waals surface area (Å²) in [5.41, 5.74) is -0.585. The van der Waals surface area contributed by atoms with Crippen molar-refractivity contribution >= 4 is 29.3 Å². The van der Waals surface area contributed by atoms with Gasteiger partial charge in [0.05, 0.1) is 5.56 Å². The molecule has 2 aromatic rings. The largest absolute Gasteiger partial charge is 0.416 e. The third-order valence-electron chi connectivity index (χ3n) is 2.83. The summed E-state index contributed by atoms with van der Waals surface area (Å²) in [5.74, 6) is -1.14. The van der Waals surface area contributed by atoms with Gasteiger partial charge < -0.3 is 5.32 Å². The predicted molar refractivity (Wildman–Crippen MR) is 80.5 cm³/mol. The summed E-state index contributed by atoms with van der Waals surface area (Å²) in [4.78, 5) is 11.7. The second-order valence-corrected chi connectivity index (χ2v) is 4.97. The standard InChI is InChI=1S/C16H10ClF4NO/c17-14-6-5-11(16(19,20)21)8-10(14)4-7-15(23)22-13-3-1-2-12(18)9-13/h1-9H,(H,22,23)/b7-4+. The summed E-state index contributed by atoms with van der Waals surface area (Å²) in [5, 5.41) is 2.46. The van der Waals surface area contributed by atoms with Crippen molar-refractivity contribution in [1.82, 2.24) is 0 Å². The zero-order valence-corrected chi connectivity index (χ0v) is 12.3. The molecule has 0 saturated heterocycles. The quantitative estimate of drug-likeness (QED) is 0.606. The fourth-order valence-corrected chi connectivity index (χ4v) is 1.94. The first-order valence-electron chi connectivity index (χ1n) is 6.37. The molecule has 2 rings (SSSR count). The van der Waals surface area contributed by atoms with E-state index in [9.17, 15) is 22.4 Å². The van der Waals surface area contributed by atoms with Gasteiger partial charge in [-0.2, -0.15) is 13.2 Å². The molecule has 0 aliphatic rings. The van der Waals surface area contributed by atoms with Crippen molar-refractivity contribution in [3.63, 3.8) is 0 Å². The topological polar surface area (TPSA) is 29.1 Å². The van der Waals surface area contributed by atoms with E-state index in [-0.39, 0.29) is 16.3 Å². The first-order chi connectivity index (χ1) is 10.8. The molecular weight excluding hydrogens is 334 g/mol. The molecule has 7 heteroatoms. The van der Waals surface area contributed by atoms with Crippen LogP contribution in [0.1, 0.15) is 11.1 Å². The number of nitrogens with one attached hydrogen (secondary N) is 1. The maximum Gasteiger partial charge on any atom is 0.416 e. The highest BCUT2D eigenvalue weighted by molar-refractivity contribution is 6.32. The number of anilines is 1. The molecule has 0 aliphatic carbocycles. The summed E-state index contributed by atoms with van der Waals surface area (Å²) >= 11 is 5.81. The van der Waals surface area contributed by atoms with Crippen molar-refractivity contribution in [3.8, 4) is 0 Å². The minimum Gasteiger partial charge on any atom is -0.322 e. The Morgan fingerprint density at radius 2 is 1.87 bits per heavy atom. The van der Waals surface area contributed by atoms with Crippen molar-refractivity contribution in [2.24, 2.45) is 0 Å². The Bertz CT molecular complexity index is 756. The number of benzene rings is 2. The Morgan fingerprint density at radius 3 is 2.52 bits per heavy atom. The smallest absolute Gasteiger partial charge is 0.322 e. The van der Waals surface area contributed by atoms with Crippen LogP contribution in [0.25, 0.3) is 6.08 Å². The van der Waals surface area contributed by atoms with Crippen LogP contribution in [0.4, 0.5) is 23.2 Å². The summed E-state index contributed by atoms with van der Waals surface area (Å²) in [6, 6.07) is 8.02. The van der Waals surface area contributed by atoms with Gasteiger partial charge in [-0.3, -0.25) is 4.79 Å². The lowest BCUT2D eigenvalue weighted by molar-refractivity contribution is -0.137. The highest BCUT2D eigenvalue weighted by atomic mass is 35.5. The van der Waals surface area contributed by atoms with E-state index in [1.54, 1.807) is 0 Å². The molecule has 120 valence electrons. The summed E-state index contributed by atoms with van der Waals surface area (Å²) in [6.07, 6.45) is -2.32. The van der Waals surface area contributed by atoms with Gasteiger partial charge in [0.2, 0.25) is 5.91 Å². The number of amides is 1. The van der Waals surface area contributed by atoms with Gasteiger partial charge in [0.1, 0.15) is 5.82 Å². The molecule has 0 aliphatic heterocycles. The molecule has 0 heterocycles. The van der Waals surface area contributed by atoms with Gasteiger partial charge in [-0.25, -0.2) is 4.39 Å². The number of hydrogen-bond donors (Lipinski definition) is 1. The number of alkyl halides is 3. The molecule has 0 spiro atoms. The van der Waals surface area contributed by atoms with E-state index in [2.05, 4.69) is 5.32 Å². The fourth-order valence-electron chi connectivity index (χ4n) is 1.76. The molecule has 0 bridgehead atoms. The molecule has 2 nitrogen and oxygen atoms in total. The van der Waals surface area contributed by atoms with E-state index in [1.807, 2.05) is 0 Å². The molecule has 0 atom stereocenters. The minimum absolute atomic E-state index is 0.0517. The molecule has 2 aromatic carbocycles. The van der Waals surface area contributed by atoms with Gasteiger partial charge in [-0.05, 0) is 48.0 Å². The van der Waals surface area contributed by atoms with E-state index in [0.717, 1.165) is 36.4 Å². The van der Waals surface area contributed by atoms with Crippen molar-refractivity contribution in [2.45, 2.75) is 6.18 Å². The van der Waals surface area contributed by atoms with Crippen LogP contribution in [0.15, 0.2) is 48.5 Å². The average molecular weight is 344 g/mol. The van der Waals surface area contributed by atoms with Crippen LogP contribution < -0.4 is 5.32 Å². The average Bonchev–Trinajstić information content (AvgIpc) is 2.45. The fraction of sp³-hybridized carbons (Fsp3) is 0.0625. The van der Waals surface area contributed by atoms with E-state index in [4.69, 9.17) is 11.6 Å². The Balaban J connectivity index is 2.15. The van der Waals surface area contributed by atoms with Crippen molar-refractivity contribution in [3.05, 3.63) is 70.5 Å². The maximum absolute atomic E-state index is 13.0. The highest BCUT2D eigenvalue weighted by Gasteiger charge is 2.30. The highest BCUT2D eigenvalue weighted by Crippen LogP contribution is 2.32. The van der Waals surface area contributed by atoms with Crippen LogP contribution in [0.5, 0.6) is 0 Å². The van der Waals surface area contributed by atoms with Crippen LogP contribution >= 0.6 is 11.6 Å². The van der Waals surface area contributed by atoms with Crippen LogP contribution in [-0.4, -0.2) is 5.91 Å². The van der Waals surface area contributed by atoms with Crippen molar-refractivity contribution in [2.75, 3.05) is 5.32 Å². The number of carbonyl (C=O) groups excluding carboxylic acids is 1. The summed E-state index contributed by atoms with van der Waals surface area (Å²) < 4.78 is 50.9. The predicted octanol–water partition coefficient (Wildman–Crippen LogP) is 5.15. The van der Waals surface area contributed by atoms with Gasteiger partial charge in [-0.1, -0.05) is 17.7 Å². The van der Waals surface area contributed by atoms with Crippen molar-refractivity contribution < 1.29 is 22.4 Å². The molecule has 0 unspecified atom stereocenters. The van der Waals surface area contributed by atoms with E-state index in [1.165, 1.54) is 18.2 Å². The van der Waals surface area contributed by atoms with Crippen molar-refractivity contribution in [1.29, 1.82) is 0 Å². The number of carbonyl (C=O) groups is 1. The van der Waals surface area contributed by atoms with Gasteiger partial charge >= 0.3 is 6.18 Å². The van der Waals surface area contributed by atoms with Crippen LogP contribution in [0.2, 0.25) is 5.02 Å². The lowest BCUT2D eigenvalue weighted by atomic mass is 10.1. The number of hydrogen-bond acceptors (Lipinski definition) is 1. The van der Waals surface area contributed by atoms with E-state index in [0.29, 0.717) is 0 Å². The van der Waals surface area contributed by atoms with Gasteiger partial charge in [-0.15, -0.1) is 0 Å². The monoisotopic (exact) mass is 343 g/mol. The molecule has 0 radical (unpaired) electrons. The number of halogens is 5. The third-order valence-corrected chi connectivity index (χ3v) is 3.17. The Hall–Kier alpha value is -2.34. The zero-order valence-electron chi connectivity index (χ0n) is 11.5. The summed E-state index contributed by atoms with van der Waals surface area (Å²) in [6.45, 7) is 0.